The van der Waals surface area contributed by atoms with Crippen molar-refractivity contribution in [3.05, 3.63) is 51.9 Å². The van der Waals surface area contributed by atoms with E-state index in [1.54, 1.807) is 24.3 Å². The summed E-state index contributed by atoms with van der Waals surface area (Å²) in [7, 11) is 0. The summed E-state index contributed by atoms with van der Waals surface area (Å²) in [4.78, 5) is 12.1. The molecule has 2 N–H and O–H groups in total. The molecule has 0 saturated carbocycles. The number of carbonyl (C=O) groups is 1. The van der Waals surface area contributed by atoms with E-state index >= 15 is 0 Å². The number of hydrogen-bond donors (Lipinski definition) is 1. The predicted octanol–water partition coefficient (Wildman–Crippen LogP) is 3.42. The molecule has 3 nitrogen and oxygen atoms in total. The average molecular weight is 294 g/mol. The van der Waals surface area contributed by atoms with Gasteiger partial charge in [0.2, 0.25) is 5.78 Å². The highest BCUT2D eigenvalue weighted by Crippen LogP contribution is 2.20. The molecule has 1 heterocycles. The van der Waals surface area contributed by atoms with E-state index in [0.717, 1.165) is 16.7 Å². The number of nitrogens with two attached hydrogens (primary N) is 1. The van der Waals surface area contributed by atoms with Crippen LogP contribution >= 0.6 is 15.9 Å². The van der Waals surface area contributed by atoms with Crippen molar-refractivity contribution in [2.24, 2.45) is 0 Å². The fourth-order valence-corrected chi connectivity index (χ4v) is 2.09. The van der Waals surface area contributed by atoms with Gasteiger partial charge in [-0.3, -0.25) is 4.79 Å². The van der Waals surface area contributed by atoms with E-state index in [2.05, 4.69) is 15.9 Å². The smallest absolute Gasteiger partial charge is 0.228 e. The van der Waals surface area contributed by atoms with Crippen molar-refractivity contribution in [1.29, 1.82) is 0 Å². The summed E-state index contributed by atoms with van der Waals surface area (Å²) >= 11 is 3.31. The molecule has 0 aliphatic rings. The van der Waals surface area contributed by atoms with Gasteiger partial charge in [0.05, 0.1) is 0 Å². The zero-order valence-electron chi connectivity index (χ0n) is 9.37. The van der Waals surface area contributed by atoms with Gasteiger partial charge in [-0.05, 0) is 30.3 Å². The number of halogens is 1. The van der Waals surface area contributed by atoms with Crippen molar-refractivity contribution >= 4 is 27.4 Å². The van der Waals surface area contributed by atoms with Gasteiger partial charge in [0.25, 0.3) is 0 Å². The average Bonchev–Trinajstić information content (AvgIpc) is 2.75. The van der Waals surface area contributed by atoms with Crippen LogP contribution in [0.5, 0.6) is 0 Å². The minimum absolute atomic E-state index is 0.155. The molecule has 0 spiro atoms. The summed E-state index contributed by atoms with van der Waals surface area (Å²) in [5.41, 5.74) is 6.76. The number of rotatable bonds is 3. The molecule has 0 bridgehead atoms. The number of carbonyl (C=O) groups excluding carboxylic acids is 1. The van der Waals surface area contributed by atoms with E-state index in [1.807, 2.05) is 13.0 Å². The van der Waals surface area contributed by atoms with Gasteiger partial charge >= 0.3 is 0 Å². The molecule has 1 aromatic heterocycles. The minimum atomic E-state index is -0.155. The van der Waals surface area contributed by atoms with E-state index in [0.29, 0.717) is 17.0 Å². The first-order valence-corrected chi connectivity index (χ1v) is 6.09. The molecule has 0 aliphatic heterocycles. The van der Waals surface area contributed by atoms with Crippen molar-refractivity contribution in [1.82, 2.24) is 0 Å². The highest BCUT2D eigenvalue weighted by molar-refractivity contribution is 9.10. The topological polar surface area (TPSA) is 56.2 Å². The molecule has 0 atom stereocenters. The first-order valence-electron chi connectivity index (χ1n) is 5.29. The summed E-state index contributed by atoms with van der Waals surface area (Å²) in [5, 5.41) is 0. The first-order chi connectivity index (χ1) is 8.10. The Bertz CT molecular complexity index is 540. The molecule has 1 aromatic carbocycles. The van der Waals surface area contributed by atoms with Crippen LogP contribution in [0.2, 0.25) is 0 Å². The Hall–Kier alpha value is -1.55. The lowest BCUT2D eigenvalue weighted by Gasteiger charge is -2.01. The molecule has 88 valence electrons. The maximum absolute atomic E-state index is 12.1. The summed E-state index contributed by atoms with van der Waals surface area (Å²) in [6.45, 7) is 1.98. The molecule has 2 rings (SSSR count). The highest BCUT2D eigenvalue weighted by atomic mass is 79.9. The summed E-state index contributed by atoms with van der Waals surface area (Å²) < 4.78 is 6.20. The van der Waals surface area contributed by atoms with Gasteiger partial charge in [0.15, 0.2) is 5.76 Å². The summed E-state index contributed by atoms with van der Waals surface area (Å²) in [6, 6.07) is 8.62. The summed E-state index contributed by atoms with van der Waals surface area (Å²) in [5.74, 6) is 0.994. The van der Waals surface area contributed by atoms with Gasteiger partial charge in [-0.25, -0.2) is 0 Å². The molecule has 0 radical (unpaired) electrons. The lowest BCUT2D eigenvalue weighted by atomic mass is 10.1. The van der Waals surface area contributed by atoms with Crippen molar-refractivity contribution in [3.8, 4) is 0 Å². The number of ketones is 1. The predicted molar refractivity (Wildman–Crippen MR) is 70.1 cm³/mol. The van der Waals surface area contributed by atoms with E-state index in [1.165, 1.54) is 0 Å². The maximum atomic E-state index is 12.1. The van der Waals surface area contributed by atoms with Gasteiger partial charge in [0, 0.05) is 22.1 Å². The Morgan fingerprint density at radius 3 is 2.71 bits per heavy atom. The largest absolute Gasteiger partial charge is 0.458 e. The van der Waals surface area contributed by atoms with Crippen LogP contribution in [0, 0.1) is 0 Å². The third-order valence-electron chi connectivity index (χ3n) is 2.42. The molecule has 0 fully saturated rings. The molecule has 2 aromatic rings. The van der Waals surface area contributed by atoms with Crippen LogP contribution < -0.4 is 5.73 Å². The molecule has 0 aliphatic carbocycles. The monoisotopic (exact) mass is 293 g/mol. The lowest BCUT2D eigenvalue weighted by Crippen LogP contribution is -2.01. The van der Waals surface area contributed by atoms with Crippen LogP contribution in [0.15, 0.2) is 39.2 Å². The molecule has 0 saturated heterocycles. The van der Waals surface area contributed by atoms with Crippen molar-refractivity contribution in [2.45, 2.75) is 13.3 Å². The first kappa shape index (κ1) is 11.9. The van der Waals surface area contributed by atoms with E-state index < -0.39 is 0 Å². The van der Waals surface area contributed by atoms with Gasteiger partial charge < -0.3 is 10.2 Å². The number of furan rings is 1. The lowest BCUT2D eigenvalue weighted by molar-refractivity contribution is 0.101. The second-order valence-corrected chi connectivity index (χ2v) is 4.64. The van der Waals surface area contributed by atoms with Gasteiger partial charge in [-0.2, -0.15) is 0 Å². The van der Waals surface area contributed by atoms with Crippen LogP contribution in [0.1, 0.15) is 28.8 Å². The van der Waals surface area contributed by atoms with Gasteiger partial charge in [-0.15, -0.1) is 0 Å². The number of anilines is 1. The zero-order valence-corrected chi connectivity index (χ0v) is 11.0. The summed E-state index contributed by atoms with van der Waals surface area (Å²) in [6.07, 6.45) is 0.772. The third-order valence-corrected chi connectivity index (χ3v) is 2.87. The third kappa shape index (κ3) is 2.58. The number of hydrogen-bond acceptors (Lipinski definition) is 3. The second-order valence-electron chi connectivity index (χ2n) is 3.72. The number of aryl methyl sites for hydroxylation is 1. The Morgan fingerprint density at radius 2 is 2.12 bits per heavy atom. The number of benzene rings is 1. The highest BCUT2D eigenvalue weighted by Gasteiger charge is 2.14. The van der Waals surface area contributed by atoms with Crippen LogP contribution in [-0.2, 0) is 6.42 Å². The van der Waals surface area contributed by atoms with Crippen LogP contribution in [0.3, 0.4) is 0 Å². The fraction of sp³-hybridized carbons (Fsp3) is 0.154. The Labute approximate surface area is 108 Å². The SMILES string of the molecule is CCc1ccc(C(=O)c2cc(N)cc(Br)c2)o1. The molecule has 17 heavy (non-hydrogen) atoms. The molecule has 0 unspecified atom stereocenters. The Balaban J connectivity index is 2.36. The van der Waals surface area contributed by atoms with Crippen molar-refractivity contribution < 1.29 is 9.21 Å². The molecule has 0 amide bonds. The van der Waals surface area contributed by atoms with Crippen LogP contribution in [0.25, 0.3) is 0 Å². The van der Waals surface area contributed by atoms with Crippen molar-refractivity contribution in [2.75, 3.05) is 5.73 Å². The molecular weight excluding hydrogens is 282 g/mol. The van der Waals surface area contributed by atoms with Gasteiger partial charge in [-0.1, -0.05) is 22.9 Å². The zero-order chi connectivity index (χ0) is 12.4. The molecular formula is C13H12BrNO2. The number of nitrogen functional groups attached to an aromatic ring is 1. The van der Waals surface area contributed by atoms with Crippen molar-refractivity contribution in [3.63, 3.8) is 0 Å². The minimum Gasteiger partial charge on any atom is -0.458 e. The normalized spacial score (nSPS) is 10.5. The van der Waals surface area contributed by atoms with Gasteiger partial charge in [0.1, 0.15) is 5.76 Å². The van der Waals surface area contributed by atoms with Crippen LogP contribution in [-0.4, -0.2) is 5.78 Å². The van der Waals surface area contributed by atoms with E-state index in [9.17, 15) is 4.79 Å². The standard InChI is InChI=1S/C13H12BrNO2/c1-2-11-3-4-12(17-11)13(16)8-5-9(14)7-10(15)6-8/h3-7H,2,15H2,1H3. The Morgan fingerprint density at radius 1 is 1.35 bits per heavy atom. The molecule has 4 heteroatoms. The Kier molecular flexibility index (Phi) is 3.33. The van der Waals surface area contributed by atoms with E-state index in [4.69, 9.17) is 10.2 Å². The van der Waals surface area contributed by atoms with E-state index in [-0.39, 0.29) is 5.78 Å². The second kappa shape index (κ2) is 4.75. The maximum Gasteiger partial charge on any atom is 0.228 e. The fourth-order valence-electron chi connectivity index (χ4n) is 1.58. The quantitative estimate of drug-likeness (QED) is 0.697. The van der Waals surface area contributed by atoms with Crippen LogP contribution in [0.4, 0.5) is 5.69 Å².